The Hall–Kier alpha value is -6.49. The molecule has 0 saturated carbocycles. The highest BCUT2D eigenvalue weighted by atomic mass is 16.8. The van der Waals surface area contributed by atoms with Crippen LogP contribution in [0.2, 0.25) is 0 Å². The largest absolute Gasteiger partial charge is 0.465 e. The number of esters is 3. The molecule has 10 atom stereocenters. The van der Waals surface area contributed by atoms with Crippen LogP contribution in [0.5, 0.6) is 0 Å². The maximum Gasteiger partial charge on any atom is 0.410 e. The highest BCUT2D eigenvalue weighted by Crippen LogP contribution is 2.42. The Balaban J connectivity index is 0.000000275. The molecule has 86 heavy (non-hydrogen) atoms. The smallest absolute Gasteiger partial charge is 0.410 e. The molecular weight excluding hydrogens is 1110 g/mol. The van der Waals surface area contributed by atoms with E-state index in [1.165, 1.54) is 21.1 Å². The number of ether oxygens (including phenoxy) is 11. The molecule has 4 aromatic rings. The predicted molar refractivity (Wildman–Crippen MR) is 316 cm³/mol. The van der Waals surface area contributed by atoms with Gasteiger partial charge in [-0.2, -0.15) is 0 Å². The van der Waals surface area contributed by atoms with Crippen LogP contribution < -0.4 is 0 Å². The molecule has 0 bridgehead atoms. The van der Waals surface area contributed by atoms with Crippen LogP contribution in [0.15, 0.2) is 121 Å². The van der Waals surface area contributed by atoms with Crippen molar-refractivity contribution in [3.8, 4) is 0 Å². The zero-order chi connectivity index (χ0) is 62.1. The van der Waals surface area contributed by atoms with Crippen molar-refractivity contribution in [3.05, 3.63) is 144 Å². The summed E-state index contributed by atoms with van der Waals surface area (Å²) in [5, 5.41) is 21.3. The number of aliphatic hydroxyl groups excluding tert-OH is 2. The van der Waals surface area contributed by atoms with Gasteiger partial charge in [0.05, 0.1) is 52.9 Å². The van der Waals surface area contributed by atoms with Gasteiger partial charge in [-0.3, -0.25) is 4.79 Å². The molecule has 3 aliphatic heterocycles. The second-order valence-electron chi connectivity index (χ2n) is 22.8. The summed E-state index contributed by atoms with van der Waals surface area (Å²) in [5.74, 6) is -5.94. The van der Waals surface area contributed by atoms with E-state index >= 15 is 0 Å². The van der Waals surface area contributed by atoms with Gasteiger partial charge in [0, 0.05) is 51.9 Å². The Morgan fingerprint density at radius 2 is 1.03 bits per heavy atom. The summed E-state index contributed by atoms with van der Waals surface area (Å²) in [7, 11) is 2.54. The molecule has 20 heteroatoms. The van der Waals surface area contributed by atoms with E-state index in [-0.39, 0.29) is 75.4 Å². The fraction of sp³-hybridized carbons (Fsp3) is 0.561. The minimum Gasteiger partial charge on any atom is -0.465 e. The topological polar surface area (TPSA) is 234 Å². The second-order valence-corrected chi connectivity index (χ2v) is 22.8. The lowest BCUT2D eigenvalue weighted by molar-refractivity contribution is -0.325. The van der Waals surface area contributed by atoms with Crippen molar-refractivity contribution in [2.75, 3.05) is 53.7 Å². The number of hydrogen-bond donors (Lipinski definition) is 2. The van der Waals surface area contributed by atoms with Crippen LogP contribution in [-0.2, 0) is 92.8 Å². The average molecular weight is 1200 g/mol. The number of unbranched alkanes of at least 4 members (excludes halogenated alkanes) is 4. The average Bonchev–Trinajstić information content (AvgIpc) is 1.47. The van der Waals surface area contributed by atoms with E-state index in [1.54, 1.807) is 23.6 Å². The Kier molecular flexibility index (Phi) is 27.3. The first kappa shape index (κ1) is 68.6. The maximum atomic E-state index is 13.0. The van der Waals surface area contributed by atoms with Crippen molar-refractivity contribution in [2.45, 2.75) is 167 Å². The lowest BCUT2D eigenvalue weighted by Gasteiger charge is -2.46. The summed E-state index contributed by atoms with van der Waals surface area (Å²) in [4.78, 5) is 66.6. The van der Waals surface area contributed by atoms with E-state index in [0.717, 1.165) is 35.1 Å². The monoisotopic (exact) mass is 1200 g/mol. The molecular formula is C66H90N2O18. The van der Waals surface area contributed by atoms with Gasteiger partial charge in [0.25, 0.3) is 11.6 Å². The van der Waals surface area contributed by atoms with Gasteiger partial charge in [-0.05, 0) is 86.5 Å². The van der Waals surface area contributed by atoms with Crippen LogP contribution in [0.25, 0.3) is 0 Å². The van der Waals surface area contributed by atoms with E-state index < -0.39 is 59.8 Å². The summed E-state index contributed by atoms with van der Waals surface area (Å²) >= 11 is 0. The minimum atomic E-state index is -1.91. The number of carbonyl (C=O) groups is 5. The summed E-state index contributed by atoms with van der Waals surface area (Å²) in [6, 6.07) is 38.7. The van der Waals surface area contributed by atoms with E-state index in [2.05, 4.69) is 13.8 Å². The fourth-order valence-corrected chi connectivity index (χ4v) is 10.6. The third-order valence-corrected chi connectivity index (χ3v) is 15.5. The predicted octanol–water partition coefficient (Wildman–Crippen LogP) is 9.69. The van der Waals surface area contributed by atoms with Gasteiger partial charge in [0.1, 0.15) is 31.5 Å². The number of amides is 2. The van der Waals surface area contributed by atoms with Crippen molar-refractivity contribution in [1.29, 1.82) is 0 Å². The van der Waals surface area contributed by atoms with Crippen LogP contribution in [0.3, 0.4) is 0 Å². The lowest BCUT2D eigenvalue weighted by atomic mass is 9.78. The molecule has 0 aliphatic carbocycles. The molecule has 7 rings (SSSR count). The Morgan fingerprint density at radius 1 is 0.593 bits per heavy atom. The van der Waals surface area contributed by atoms with Crippen LogP contribution in [0.4, 0.5) is 9.59 Å². The van der Waals surface area contributed by atoms with Crippen LogP contribution >= 0.6 is 0 Å². The number of hydrogen-bond acceptors (Lipinski definition) is 18. The fourth-order valence-electron chi connectivity index (χ4n) is 10.6. The molecule has 20 nitrogen and oxygen atoms in total. The number of rotatable bonds is 28. The van der Waals surface area contributed by atoms with Crippen molar-refractivity contribution in [1.82, 2.24) is 9.80 Å². The Bertz CT molecular complexity index is 2670. The zero-order valence-corrected chi connectivity index (χ0v) is 51.2. The first-order valence-electron chi connectivity index (χ1n) is 29.9. The van der Waals surface area contributed by atoms with Crippen LogP contribution in [0, 0.1) is 17.8 Å². The summed E-state index contributed by atoms with van der Waals surface area (Å²) in [6.07, 6.45) is -1.39. The number of carbonyl (C=O) groups excluding carboxylic acids is 5. The third kappa shape index (κ3) is 20.9. The standard InChI is InChI=1S/C34H47NO8.C32H43NO10/c1-25-21-34(32(37)39-5,43-31(27(25)3)26(2)23-40-28(4)36)42-20-14-8-13-19-35(22-29-15-9-6-10-16-29)33(38)41-24-30-17-11-7-12-18-30;1-31(2)41-22-26(42-31)28-27(35)25(34)19-32(43-28,29(36)38-3)40-18-12-6-11-17-33(20-23-13-7-4-8-14-23)30(37)39-21-24-15-9-5-10-16-24/h6-7,9-12,15-18,25-27,31H,8,13-14,19-24H2,1-5H3;4-5,7-10,13-16,25-28,34-35H,6,11-12,17-22H2,1-3H3/t25-,26-,27-,31?,34-;25-,26-,27-,28?,32-/m11/s1. The van der Waals surface area contributed by atoms with Gasteiger partial charge in [-0.25, -0.2) is 19.2 Å². The van der Waals surface area contributed by atoms with Crippen molar-refractivity contribution < 1.29 is 86.3 Å². The highest BCUT2D eigenvalue weighted by Gasteiger charge is 2.57. The summed E-state index contributed by atoms with van der Waals surface area (Å²) < 4.78 is 62.4. The van der Waals surface area contributed by atoms with E-state index in [0.29, 0.717) is 64.9 Å². The third-order valence-electron chi connectivity index (χ3n) is 15.5. The molecule has 4 aromatic carbocycles. The normalized spacial score (nSPS) is 24.4. The summed E-state index contributed by atoms with van der Waals surface area (Å²) in [5.41, 5.74) is 3.86. The summed E-state index contributed by atoms with van der Waals surface area (Å²) in [6.45, 7) is 13.9. The van der Waals surface area contributed by atoms with Gasteiger partial charge >= 0.3 is 30.1 Å². The SMILES string of the molecule is COC(=O)[C@@]1(OCCCCCN(Cc2ccccc2)C(=O)OCc2ccccc2)C[C@@H](C)[C@@H](C)C([C@H](C)COC(C)=O)O1.COC(=O)[C@@]1(OCCCCCN(Cc2ccccc2)C(=O)OCc2ccccc2)C[C@@H](O)[C@@H](O)C([C@H]2COC(C)(C)O2)O1. The molecule has 3 saturated heterocycles. The van der Waals surface area contributed by atoms with Gasteiger partial charge in [0.2, 0.25) is 0 Å². The second kappa shape index (κ2) is 34.2. The van der Waals surface area contributed by atoms with Crippen molar-refractivity contribution >= 4 is 30.1 Å². The van der Waals surface area contributed by atoms with Gasteiger partial charge in [-0.1, -0.05) is 142 Å². The van der Waals surface area contributed by atoms with Crippen molar-refractivity contribution in [3.63, 3.8) is 0 Å². The molecule has 2 unspecified atom stereocenters. The van der Waals surface area contributed by atoms with Gasteiger partial charge in [0.15, 0.2) is 5.79 Å². The number of benzene rings is 4. The Labute approximate surface area is 506 Å². The quantitative estimate of drug-likeness (QED) is 0.0306. The van der Waals surface area contributed by atoms with Crippen LogP contribution in [-0.4, -0.2) is 152 Å². The minimum absolute atomic E-state index is 0.117. The molecule has 0 spiro atoms. The molecule has 472 valence electrons. The molecule has 0 aromatic heterocycles. The van der Waals surface area contributed by atoms with E-state index in [1.807, 2.05) is 128 Å². The molecule has 3 heterocycles. The van der Waals surface area contributed by atoms with Gasteiger partial charge in [-0.15, -0.1) is 0 Å². The molecule has 0 radical (unpaired) electrons. The van der Waals surface area contributed by atoms with Crippen molar-refractivity contribution in [2.24, 2.45) is 17.8 Å². The maximum absolute atomic E-state index is 13.0. The van der Waals surface area contributed by atoms with E-state index in [9.17, 15) is 34.2 Å². The lowest BCUT2D eigenvalue weighted by Crippen LogP contribution is -2.63. The zero-order valence-electron chi connectivity index (χ0n) is 51.2. The number of nitrogens with zero attached hydrogens (tertiary/aromatic N) is 2. The molecule has 3 aliphatic rings. The number of aliphatic hydroxyl groups is 2. The number of methoxy groups -OCH3 is 2. The first-order valence-corrected chi connectivity index (χ1v) is 29.9. The molecule has 3 fully saturated rings. The van der Waals surface area contributed by atoms with Crippen LogP contribution in [0.1, 0.15) is 115 Å². The first-order chi connectivity index (χ1) is 41.3. The van der Waals surface area contributed by atoms with E-state index in [4.69, 9.17) is 52.1 Å². The van der Waals surface area contributed by atoms with Gasteiger partial charge < -0.3 is 72.1 Å². The molecule has 2 amide bonds. The Morgan fingerprint density at radius 3 is 1.45 bits per heavy atom. The highest BCUT2D eigenvalue weighted by molar-refractivity contribution is 5.78. The molecule has 2 N–H and O–H groups in total.